The summed E-state index contributed by atoms with van der Waals surface area (Å²) in [6.07, 6.45) is 0. The first-order valence-electron chi connectivity index (χ1n) is 8.69. The highest BCUT2D eigenvalue weighted by Gasteiger charge is 2.16. The highest BCUT2D eigenvalue weighted by atomic mass is 127. The van der Waals surface area contributed by atoms with Crippen LogP contribution in [0.15, 0.2) is 47.4 Å². The molecule has 1 heterocycles. The van der Waals surface area contributed by atoms with Gasteiger partial charge < -0.3 is 9.47 Å². The number of hydrogen-bond donors (Lipinski definition) is 1. The van der Waals surface area contributed by atoms with Gasteiger partial charge in [0.05, 0.1) is 28.8 Å². The molecule has 0 unspecified atom stereocenters. The zero-order valence-corrected chi connectivity index (χ0v) is 18.1. The number of sulfonamides is 1. The van der Waals surface area contributed by atoms with E-state index < -0.39 is 10.0 Å². The molecule has 0 amide bonds. The Bertz CT molecular complexity index is 866. The number of hydrogen-bond acceptors (Lipinski definition) is 5. The summed E-state index contributed by atoms with van der Waals surface area (Å²) in [6, 6.07) is 12.9. The first-order valence-corrected chi connectivity index (χ1v) is 11.3. The lowest BCUT2D eigenvalue weighted by atomic mass is 10.1. The lowest BCUT2D eigenvalue weighted by Crippen LogP contribution is -2.35. The first-order chi connectivity index (χ1) is 13.0. The van der Waals surface area contributed by atoms with E-state index in [-0.39, 0.29) is 11.4 Å². The minimum atomic E-state index is -3.57. The summed E-state index contributed by atoms with van der Waals surface area (Å²) in [4.78, 5) is 2.59. The molecule has 0 saturated carbocycles. The van der Waals surface area contributed by atoms with Crippen LogP contribution < -0.4 is 9.46 Å². The van der Waals surface area contributed by atoms with Crippen LogP contribution in [0.4, 0.5) is 0 Å². The Morgan fingerprint density at radius 2 is 1.78 bits per heavy atom. The van der Waals surface area contributed by atoms with Crippen molar-refractivity contribution >= 4 is 32.6 Å². The number of methoxy groups -OCH3 is 1. The molecule has 0 radical (unpaired) electrons. The molecular weight excluding hydrogens is 479 g/mol. The van der Waals surface area contributed by atoms with Crippen molar-refractivity contribution in [3.05, 3.63) is 57.2 Å². The molecule has 0 bridgehead atoms. The number of nitrogens with zero attached hydrogens (tertiary/aromatic N) is 1. The Hall–Kier alpha value is -1.20. The number of benzene rings is 2. The Balaban J connectivity index is 1.59. The van der Waals surface area contributed by atoms with E-state index in [1.807, 2.05) is 12.1 Å². The molecule has 1 aliphatic rings. The van der Waals surface area contributed by atoms with Crippen molar-refractivity contribution in [3.63, 3.8) is 0 Å². The van der Waals surface area contributed by atoms with E-state index in [1.54, 1.807) is 25.3 Å². The van der Waals surface area contributed by atoms with Crippen LogP contribution in [-0.4, -0.2) is 46.7 Å². The van der Waals surface area contributed by atoms with Crippen molar-refractivity contribution in [1.29, 1.82) is 0 Å². The predicted octanol–water partition coefficient (Wildman–Crippen LogP) is 2.61. The standard InChI is InChI=1S/C19H23IN2O4S/c1-25-19-7-6-17(12-18(19)20)27(23,24)21-13-15-2-4-16(5-3-15)14-22-8-10-26-11-9-22/h2-7,12,21H,8-11,13-14H2,1H3. The molecule has 1 fully saturated rings. The second-order valence-corrected chi connectivity index (χ2v) is 9.26. The molecule has 2 aromatic carbocycles. The summed E-state index contributed by atoms with van der Waals surface area (Å²) in [5, 5.41) is 0. The van der Waals surface area contributed by atoms with E-state index in [9.17, 15) is 8.42 Å². The predicted molar refractivity (Wildman–Crippen MR) is 112 cm³/mol. The molecular formula is C19H23IN2O4S. The third kappa shape index (κ3) is 5.64. The molecule has 27 heavy (non-hydrogen) atoms. The van der Waals surface area contributed by atoms with Crippen LogP contribution in [0.25, 0.3) is 0 Å². The Labute approximate surface area is 174 Å². The van der Waals surface area contributed by atoms with Crippen LogP contribution in [-0.2, 0) is 27.8 Å². The largest absolute Gasteiger partial charge is 0.496 e. The minimum Gasteiger partial charge on any atom is -0.496 e. The topological polar surface area (TPSA) is 67.9 Å². The Kier molecular flexibility index (Phi) is 7.10. The maximum absolute atomic E-state index is 12.5. The second-order valence-electron chi connectivity index (χ2n) is 6.33. The van der Waals surface area contributed by atoms with E-state index in [0.717, 1.165) is 42.0 Å². The van der Waals surface area contributed by atoms with Crippen LogP contribution in [0, 0.1) is 3.57 Å². The van der Waals surface area contributed by atoms with E-state index >= 15 is 0 Å². The molecule has 146 valence electrons. The van der Waals surface area contributed by atoms with E-state index in [2.05, 4.69) is 44.3 Å². The fourth-order valence-corrected chi connectivity index (χ4v) is 4.85. The van der Waals surface area contributed by atoms with Gasteiger partial charge in [-0.3, -0.25) is 4.90 Å². The molecule has 1 N–H and O–H groups in total. The fraction of sp³-hybridized carbons (Fsp3) is 0.368. The number of ether oxygens (including phenoxy) is 2. The van der Waals surface area contributed by atoms with Crippen LogP contribution in [0.5, 0.6) is 5.75 Å². The van der Waals surface area contributed by atoms with Crippen molar-refractivity contribution in [2.45, 2.75) is 18.0 Å². The van der Waals surface area contributed by atoms with Gasteiger partial charge in [0.15, 0.2) is 0 Å². The summed E-state index contributed by atoms with van der Waals surface area (Å²) in [5.74, 6) is 0.658. The summed E-state index contributed by atoms with van der Waals surface area (Å²) in [5.41, 5.74) is 2.14. The van der Waals surface area contributed by atoms with Crippen molar-refractivity contribution in [2.75, 3.05) is 33.4 Å². The van der Waals surface area contributed by atoms with Crippen LogP contribution >= 0.6 is 22.6 Å². The van der Waals surface area contributed by atoms with Crippen LogP contribution in [0.1, 0.15) is 11.1 Å². The Morgan fingerprint density at radius 3 is 2.41 bits per heavy atom. The third-order valence-corrected chi connectivity index (χ3v) is 6.67. The van der Waals surface area contributed by atoms with Crippen LogP contribution in [0.2, 0.25) is 0 Å². The zero-order chi connectivity index (χ0) is 19.3. The van der Waals surface area contributed by atoms with Crippen LogP contribution in [0.3, 0.4) is 0 Å². The molecule has 0 aliphatic carbocycles. The van der Waals surface area contributed by atoms with Crippen molar-refractivity contribution < 1.29 is 17.9 Å². The normalized spacial score (nSPS) is 15.6. The monoisotopic (exact) mass is 502 g/mol. The summed E-state index contributed by atoms with van der Waals surface area (Å²) >= 11 is 2.06. The number of nitrogens with one attached hydrogen (secondary N) is 1. The Morgan fingerprint density at radius 1 is 1.11 bits per heavy atom. The van der Waals surface area contributed by atoms with E-state index in [4.69, 9.17) is 9.47 Å². The summed E-state index contributed by atoms with van der Waals surface area (Å²) < 4.78 is 39.0. The molecule has 8 heteroatoms. The summed E-state index contributed by atoms with van der Waals surface area (Å²) in [6.45, 7) is 4.60. The van der Waals surface area contributed by atoms with Crippen molar-refractivity contribution in [1.82, 2.24) is 9.62 Å². The molecule has 1 aliphatic heterocycles. The number of rotatable bonds is 7. The molecule has 6 nitrogen and oxygen atoms in total. The molecule has 0 spiro atoms. The SMILES string of the molecule is COc1ccc(S(=O)(=O)NCc2ccc(CN3CCOCC3)cc2)cc1I. The molecule has 0 atom stereocenters. The van der Waals surface area contributed by atoms with Gasteiger partial charge in [-0.15, -0.1) is 0 Å². The third-order valence-electron chi connectivity index (χ3n) is 4.43. The molecule has 1 saturated heterocycles. The maximum Gasteiger partial charge on any atom is 0.240 e. The van der Waals surface area contributed by atoms with Crippen molar-refractivity contribution in [3.8, 4) is 5.75 Å². The van der Waals surface area contributed by atoms with E-state index in [0.29, 0.717) is 5.75 Å². The number of halogens is 1. The van der Waals surface area contributed by atoms with Gasteiger partial charge in [-0.05, 0) is 51.9 Å². The van der Waals surface area contributed by atoms with Gasteiger partial charge in [0.2, 0.25) is 10.0 Å². The fourth-order valence-electron chi connectivity index (χ4n) is 2.86. The maximum atomic E-state index is 12.5. The van der Waals surface area contributed by atoms with Gasteiger partial charge in [-0.25, -0.2) is 13.1 Å². The lowest BCUT2D eigenvalue weighted by Gasteiger charge is -2.26. The minimum absolute atomic E-state index is 0.233. The quantitative estimate of drug-likeness (QED) is 0.590. The summed E-state index contributed by atoms with van der Waals surface area (Å²) in [7, 11) is -2.01. The first kappa shape index (κ1) is 20.5. The molecule has 0 aromatic heterocycles. The van der Waals surface area contributed by atoms with E-state index in [1.165, 1.54) is 5.56 Å². The number of morpholine rings is 1. The lowest BCUT2D eigenvalue weighted by molar-refractivity contribution is 0.0342. The van der Waals surface area contributed by atoms with Crippen molar-refractivity contribution in [2.24, 2.45) is 0 Å². The highest BCUT2D eigenvalue weighted by molar-refractivity contribution is 14.1. The zero-order valence-electron chi connectivity index (χ0n) is 15.2. The van der Waals surface area contributed by atoms with Gasteiger partial charge >= 0.3 is 0 Å². The van der Waals surface area contributed by atoms with Gasteiger partial charge in [0.1, 0.15) is 5.75 Å². The van der Waals surface area contributed by atoms with Gasteiger partial charge in [0.25, 0.3) is 0 Å². The average molecular weight is 502 g/mol. The van der Waals surface area contributed by atoms with Gasteiger partial charge in [0, 0.05) is 26.2 Å². The molecule has 3 rings (SSSR count). The molecule has 2 aromatic rings. The van der Waals surface area contributed by atoms with Gasteiger partial charge in [-0.1, -0.05) is 24.3 Å². The van der Waals surface area contributed by atoms with Gasteiger partial charge in [-0.2, -0.15) is 0 Å². The second kappa shape index (κ2) is 9.33. The average Bonchev–Trinajstić information content (AvgIpc) is 2.68. The highest BCUT2D eigenvalue weighted by Crippen LogP contribution is 2.24. The smallest absolute Gasteiger partial charge is 0.240 e.